The number of imidazole rings is 1. The Hall–Kier alpha value is -3.19. The highest BCUT2D eigenvalue weighted by atomic mass is 35.5. The van der Waals surface area contributed by atoms with Crippen LogP contribution in [0.4, 0.5) is 11.6 Å². The largest absolute Gasteiger partial charge is 0.368 e. The minimum Gasteiger partial charge on any atom is -0.360 e. The first-order chi connectivity index (χ1) is 12.5. The number of anilines is 1. The Morgan fingerprint density at radius 1 is 1.15 bits per heavy atom. The zero-order chi connectivity index (χ0) is 18.3. The molecule has 2 aromatic carbocycles. The summed E-state index contributed by atoms with van der Waals surface area (Å²) in [7, 11) is 0. The fraction of sp³-hybridized carbons (Fsp3) is 0.111. The third-order valence-electron chi connectivity index (χ3n) is 4.27. The zero-order valence-corrected chi connectivity index (χ0v) is 14.5. The van der Waals surface area contributed by atoms with Crippen molar-refractivity contribution in [1.82, 2.24) is 14.6 Å². The van der Waals surface area contributed by atoms with Crippen LogP contribution in [0.15, 0.2) is 54.7 Å². The standard InChI is InChI=1S/C18H14ClN5O2/c1-11(12-6-7-15(19)14-5-3-2-4-13(12)14)21-16-8-9-17-20-10-18(24(25)26)23(17)22-16/h2-11H,1H3,(H,21,22). The van der Waals surface area contributed by atoms with E-state index < -0.39 is 4.92 Å². The van der Waals surface area contributed by atoms with Gasteiger partial charge in [-0.2, -0.15) is 0 Å². The van der Waals surface area contributed by atoms with Crippen molar-refractivity contribution in [2.45, 2.75) is 13.0 Å². The van der Waals surface area contributed by atoms with E-state index in [4.69, 9.17) is 11.6 Å². The quantitative estimate of drug-likeness (QED) is 0.420. The van der Waals surface area contributed by atoms with Crippen LogP contribution in [0, 0.1) is 10.1 Å². The van der Waals surface area contributed by atoms with Crippen LogP contribution in [0.5, 0.6) is 0 Å². The molecule has 4 rings (SSSR count). The highest BCUT2D eigenvalue weighted by Crippen LogP contribution is 2.31. The van der Waals surface area contributed by atoms with Crippen LogP contribution in [0.2, 0.25) is 5.02 Å². The summed E-state index contributed by atoms with van der Waals surface area (Å²) in [5.74, 6) is 0.346. The van der Waals surface area contributed by atoms with Crippen molar-refractivity contribution in [2.75, 3.05) is 5.32 Å². The first kappa shape index (κ1) is 16.3. The van der Waals surface area contributed by atoms with Gasteiger partial charge in [-0.05, 0) is 34.9 Å². The number of nitrogens with zero attached hydrogens (tertiary/aromatic N) is 4. The molecule has 4 aromatic rings. The number of halogens is 1. The lowest BCUT2D eigenvalue weighted by Crippen LogP contribution is -2.10. The second-order valence-electron chi connectivity index (χ2n) is 5.91. The molecule has 1 unspecified atom stereocenters. The third kappa shape index (κ3) is 2.72. The Bertz CT molecular complexity index is 1140. The fourth-order valence-corrected chi connectivity index (χ4v) is 3.25. The van der Waals surface area contributed by atoms with Crippen LogP contribution in [-0.2, 0) is 0 Å². The second kappa shape index (κ2) is 6.27. The van der Waals surface area contributed by atoms with E-state index in [1.807, 2.05) is 43.3 Å². The van der Waals surface area contributed by atoms with Gasteiger partial charge in [-0.25, -0.2) is 4.98 Å². The number of aromatic nitrogens is 3. The number of nitro groups is 1. The number of benzene rings is 2. The van der Waals surface area contributed by atoms with Crippen LogP contribution in [-0.4, -0.2) is 19.5 Å². The Labute approximate surface area is 153 Å². The van der Waals surface area contributed by atoms with E-state index in [1.165, 1.54) is 10.7 Å². The average molecular weight is 368 g/mol. The van der Waals surface area contributed by atoms with Crippen LogP contribution >= 0.6 is 11.6 Å². The van der Waals surface area contributed by atoms with Gasteiger partial charge in [0.2, 0.25) is 5.65 Å². The maximum absolute atomic E-state index is 11.1. The van der Waals surface area contributed by atoms with E-state index in [1.54, 1.807) is 12.1 Å². The van der Waals surface area contributed by atoms with E-state index in [0.29, 0.717) is 16.5 Å². The molecule has 130 valence electrons. The van der Waals surface area contributed by atoms with Gasteiger partial charge < -0.3 is 15.4 Å². The summed E-state index contributed by atoms with van der Waals surface area (Å²) in [6.45, 7) is 2.00. The zero-order valence-electron chi connectivity index (χ0n) is 13.8. The van der Waals surface area contributed by atoms with E-state index in [2.05, 4.69) is 15.4 Å². The predicted octanol–water partition coefficient (Wildman–Crippen LogP) is 4.62. The molecule has 0 fully saturated rings. The summed E-state index contributed by atoms with van der Waals surface area (Å²) < 4.78 is 1.22. The molecule has 0 aliphatic carbocycles. The molecule has 0 aliphatic rings. The minimum absolute atomic E-state index is 0.0790. The van der Waals surface area contributed by atoms with Gasteiger partial charge in [0.25, 0.3) is 0 Å². The number of rotatable bonds is 4. The molecule has 0 radical (unpaired) electrons. The van der Waals surface area contributed by atoms with Gasteiger partial charge in [0.15, 0.2) is 5.82 Å². The Morgan fingerprint density at radius 3 is 2.69 bits per heavy atom. The lowest BCUT2D eigenvalue weighted by Gasteiger charge is -2.17. The predicted molar refractivity (Wildman–Crippen MR) is 101 cm³/mol. The smallest absolute Gasteiger partial charge is 0.360 e. The normalized spacial score (nSPS) is 12.4. The number of hydrogen-bond acceptors (Lipinski definition) is 5. The maximum Gasteiger partial charge on any atom is 0.368 e. The Balaban J connectivity index is 1.72. The summed E-state index contributed by atoms with van der Waals surface area (Å²) in [5.41, 5.74) is 1.49. The summed E-state index contributed by atoms with van der Waals surface area (Å²) in [6.07, 6.45) is 1.20. The van der Waals surface area contributed by atoms with Crippen molar-refractivity contribution in [2.24, 2.45) is 0 Å². The highest BCUT2D eigenvalue weighted by molar-refractivity contribution is 6.35. The molecule has 0 amide bonds. The monoisotopic (exact) mass is 367 g/mol. The number of fused-ring (bicyclic) bond motifs is 2. The number of nitrogens with one attached hydrogen (secondary N) is 1. The molecule has 0 saturated carbocycles. The first-order valence-corrected chi connectivity index (χ1v) is 8.35. The third-order valence-corrected chi connectivity index (χ3v) is 4.60. The molecule has 7 nitrogen and oxygen atoms in total. The van der Waals surface area contributed by atoms with Crippen molar-refractivity contribution < 1.29 is 4.92 Å². The van der Waals surface area contributed by atoms with Gasteiger partial charge in [-0.1, -0.05) is 51.5 Å². The van der Waals surface area contributed by atoms with Crippen LogP contribution < -0.4 is 5.32 Å². The molecule has 0 saturated heterocycles. The van der Waals surface area contributed by atoms with Crippen molar-refractivity contribution in [3.05, 3.63) is 75.4 Å². The average Bonchev–Trinajstić information content (AvgIpc) is 3.05. The summed E-state index contributed by atoms with van der Waals surface area (Å²) in [6, 6.07) is 15.1. The fourth-order valence-electron chi connectivity index (χ4n) is 3.03. The summed E-state index contributed by atoms with van der Waals surface area (Å²) >= 11 is 6.29. The highest BCUT2D eigenvalue weighted by Gasteiger charge is 2.17. The van der Waals surface area contributed by atoms with Gasteiger partial charge in [0.1, 0.15) is 6.20 Å². The molecule has 1 atom stereocenters. The minimum atomic E-state index is -0.507. The molecule has 26 heavy (non-hydrogen) atoms. The molecule has 2 heterocycles. The van der Waals surface area contributed by atoms with Gasteiger partial charge >= 0.3 is 5.82 Å². The van der Waals surface area contributed by atoms with Gasteiger partial charge in [0.05, 0.1) is 6.04 Å². The van der Waals surface area contributed by atoms with Crippen molar-refractivity contribution in [3.8, 4) is 0 Å². The number of hydrogen-bond donors (Lipinski definition) is 1. The molecule has 8 heteroatoms. The Kier molecular flexibility index (Phi) is 3.93. The van der Waals surface area contributed by atoms with E-state index >= 15 is 0 Å². The molecular formula is C18H14ClN5O2. The van der Waals surface area contributed by atoms with Crippen LogP contribution in [0.3, 0.4) is 0 Å². The lowest BCUT2D eigenvalue weighted by molar-refractivity contribution is -0.391. The van der Waals surface area contributed by atoms with Gasteiger partial charge in [-0.3, -0.25) is 0 Å². The SMILES string of the molecule is CC(Nc1ccc2ncc([N+](=O)[O-])n2n1)c1ccc(Cl)c2ccccc12. The van der Waals surface area contributed by atoms with Crippen molar-refractivity contribution in [3.63, 3.8) is 0 Å². The van der Waals surface area contributed by atoms with E-state index in [0.717, 1.165) is 16.3 Å². The Morgan fingerprint density at radius 2 is 1.92 bits per heavy atom. The molecule has 0 spiro atoms. The maximum atomic E-state index is 11.1. The molecular weight excluding hydrogens is 354 g/mol. The van der Waals surface area contributed by atoms with Crippen LogP contribution in [0.1, 0.15) is 18.5 Å². The molecule has 0 bridgehead atoms. The van der Waals surface area contributed by atoms with E-state index in [9.17, 15) is 10.1 Å². The van der Waals surface area contributed by atoms with E-state index in [-0.39, 0.29) is 11.9 Å². The summed E-state index contributed by atoms with van der Waals surface area (Å²) in [5, 5.41) is 21.4. The molecule has 1 N–H and O–H groups in total. The lowest BCUT2D eigenvalue weighted by atomic mass is 9.99. The van der Waals surface area contributed by atoms with Gasteiger partial charge in [0, 0.05) is 16.5 Å². The van der Waals surface area contributed by atoms with Crippen molar-refractivity contribution in [1.29, 1.82) is 0 Å². The van der Waals surface area contributed by atoms with Gasteiger partial charge in [-0.15, -0.1) is 0 Å². The first-order valence-electron chi connectivity index (χ1n) is 7.97. The second-order valence-corrected chi connectivity index (χ2v) is 6.32. The van der Waals surface area contributed by atoms with Crippen LogP contribution in [0.25, 0.3) is 16.4 Å². The molecule has 0 aliphatic heterocycles. The molecule has 2 aromatic heterocycles. The summed E-state index contributed by atoms with van der Waals surface area (Å²) in [4.78, 5) is 14.6. The topological polar surface area (TPSA) is 85.4 Å². The van der Waals surface area contributed by atoms with Crippen molar-refractivity contribution >= 4 is 39.7 Å².